The Hall–Kier alpha value is -4.70. The summed E-state index contributed by atoms with van der Waals surface area (Å²) in [6.45, 7) is 1.87. The predicted octanol–water partition coefficient (Wildman–Crippen LogP) is 6.21. The van der Waals surface area contributed by atoms with Gasteiger partial charge in [0.15, 0.2) is 0 Å². The highest BCUT2D eigenvalue weighted by Crippen LogP contribution is 2.30. The highest BCUT2D eigenvalue weighted by atomic mass is 32.2. The second-order valence-corrected chi connectivity index (χ2v) is 9.58. The third-order valence-corrected chi connectivity index (χ3v) is 7.12. The first-order valence-electron chi connectivity index (χ1n) is 11.6. The number of carboxylic acid groups (broad SMARTS) is 1. The summed E-state index contributed by atoms with van der Waals surface area (Å²) < 4.78 is 0. The van der Waals surface area contributed by atoms with Crippen LogP contribution in [0.25, 0.3) is 10.8 Å². The lowest BCUT2D eigenvalue weighted by Gasteiger charge is -2.16. The summed E-state index contributed by atoms with van der Waals surface area (Å²) in [6, 6.07) is 22.5. The molecule has 4 aromatic rings. The first kappa shape index (κ1) is 26.4. The standard InChI is InChI=1S/C28H23N3O6S/c1-2-24(27(33)29-18-12-14-20(15-13-18)31(36)37)38-21-9-5-8-19(16-21)30-26(32)22-10-3-6-17-7-4-11-23(25(17)22)28(34)35/h3-16,24H,2H2,1H3,(H,29,33)(H,30,32)(H,34,35). The summed E-state index contributed by atoms with van der Waals surface area (Å²) in [5.41, 5.74) is 1.17. The molecule has 0 saturated heterocycles. The minimum Gasteiger partial charge on any atom is -0.478 e. The van der Waals surface area contributed by atoms with E-state index in [1.165, 1.54) is 42.1 Å². The molecule has 9 nitrogen and oxygen atoms in total. The minimum atomic E-state index is -1.12. The number of amides is 2. The van der Waals surface area contributed by atoms with E-state index in [-0.39, 0.29) is 22.7 Å². The molecule has 0 aliphatic rings. The van der Waals surface area contributed by atoms with Gasteiger partial charge in [0, 0.05) is 39.4 Å². The quantitative estimate of drug-likeness (QED) is 0.133. The van der Waals surface area contributed by atoms with Gasteiger partial charge in [-0.25, -0.2) is 4.79 Å². The molecule has 0 radical (unpaired) electrons. The smallest absolute Gasteiger partial charge is 0.336 e. The molecule has 0 aromatic heterocycles. The number of carboxylic acids is 1. The SMILES string of the molecule is CCC(Sc1cccc(NC(=O)c2cccc3cccc(C(=O)O)c23)c1)C(=O)Nc1ccc([N+](=O)[O-])cc1. The molecule has 10 heteroatoms. The fraction of sp³-hybridized carbons (Fsp3) is 0.107. The van der Waals surface area contributed by atoms with Crippen LogP contribution in [-0.2, 0) is 4.79 Å². The molecule has 2 amide bonds. The van der Waals surface area contributed by atoms with E-state index in [0.717, 1.165) is 4.90 Å². The number of carbonyl (C=O) groups excluding carboxylic acids is 2. The van der Waals surface area contributed by atoms with Crippen molar-refractivity contribution >= 4 is 57.4 Å². The van der Waals surface area contributed by atoms with Crippen molar-refractivity contribution in [1.29, 1.82) is 0 Å². The number of benzene rings is 4. The molecule has 0 heterocycles. The van der Waals surface area contributed by atoms with Crippen molar-refractivity contribution in [2.45, 2.75) is 23.5 Å². The molecule has 1 atom stereocenters. The van der Waals surface area contributed by atoms with Crippen molar-refractivity contribution < 1.29 is 24.4 Å². The number of carbonyl (C=O) groups is 3. The monoisotopic (exact) mass is 529 g/mol. The van der Waals surface area contributed by atoms with E-state index in [2.05, 4.69) is 10.6 Å². The van der Waals surface area contributed by atoms with Crippen LogP contribution in [0.3, 0.4) is 0 Å². The Labute approximate surface area is 222 Å². The number of rotatable bonds is 9. The summed E-state index contributed by atoms with van der Waals surface area (Å²) in [4.78, 5) is 48.8. The van der Waals surface area contributed by atoms with E-state index in [1.807, 2.05) is 13.0 Å². The lowest BCUT2D eigenvalue weighted by Crippen LogP contribution is -2.24. The largest absolute Gasteiger partial charge is 0.478 e. The van der Waals surface area contributed by atoms with Gasteiger partial charge in [0.25, 0.3) is 11.6 Å². The van der Waals surface area contributed by atoms with Crippen LogP contribution in [0.5, 0.6) is 0 Å². The van der Waals surface area contributed by atoms with Crippen molar-refractivity contribution in [3.63, 3.8) is 0 Å². The number of aromatic carboxylic acids is 1. The molecule has 0 aliphatic heterocycles. The maximum absolute atomic E-state index is 13.2. The third kappa shape index (κ3) is 5.98. The lowest BCUT2D eigenvalue weighted by atomic mass is 9.98. The summed E-state index contributed by atoms with van der Waals surface area (Å²) in [5, 5.41) is 26.6. The number of anilines is 2. The molecular weight excluding hydrogens is 506 g/mol. The van der Waals surface area contributed by atoms with Crippen LogP contribution in [0, 0.1) is 10.1 Å². The minimum absolute atomic E-state index is 0.0439. The van der Waals surface area contributed by atoms with Gasteiger partial charge in [-0.1, -0.05) is 37.3 Å². The number of thioether (sulfide) groups is 1. The zero-order chi connectivity index (χ0) is 27.2. The van der Waals surface area contributed by atoms with Gasteiger partial charge >= 0.3 is 5.97 Å². The van der Waals surface area contributed by atoms with Crippen LogP contribution in [0.4, 0.5) is 17.1 Å². The summed E-state index contributed by atoms with van der Waals surface area (Å²) in [5.74, 6) is -1.82. The second kappa shape index (κ2) is 11.6. The van der Waals surface area contributed by atoms with Crippen LogP contribution in [0.15, 0.2) is 89.8 Å². The fourth-order valence-corrected chi connectivity index (χ4v) is 4.94. The number of non-ortho nitro benzene ring substituents is 1. The summed E-state index contributed by atoms with van der Waals surface area (Å²) in [6.07, 6.45) is 0.522. The Balaban J connectivity index is 1.49. The average Bonchev–Trinajstić information content (AvgIpc) is 2.91. The first-order chi connectivity index (χ1) is 18.3. The Kier molecular flexibility index (Phi) is 8.03. The molecule has 4 aromatic carbocycles. The number of hydrogen-bond donors (Lipinski definition) is 3. The average molecular weight is 530 g/mol. The van der Waals surface area contributed by atoms with Gasteiger partial charge in [-0.3, -0.25) is 19.7 Å². The predicted molar refractivity (Wildman–Crippen MR) is 147 cm³/mol. The van der Waals surface area contributed by atoms with Crippen LogP contribution < -0.4 is 10.6 Å². The molecule has 0 aliphatic carbocycles. The lowest BCUT2D eigenvalue weighted by molar-refractivity contribution is -0.384. The van der Waals surface area contributed by atoms with E-state index >= 15 is 0 Å². The van der Waals surface area contributed by atoms with Crippen LogP contribution >= 0.6 is 11.8 Å². The number of nitro benzene ring substituents is 1. The topological polar surface area (TPSA) is 139 Å². The van der Waals surface area contributed by atoms with Crippen molar-refractivity contribution in [3.05, 3.63) is 106 Å². The molecule has 0 fully saturated rings. The van der Waals surface area contributed by atoms with E-state index in [1.54, 1.807) is 48.5 Å². The molecule has 1 unspecified atom stereocenters. The molecular formula is C28H23N3O6S. The van der Waals surface area contributed by atoms with E-state index in [4.69, 9.17) is 0 Å². The van der Waals surface area contributed by atoms with Gasteiger partial charge in [-0.05, 0) is 54.3 Å². The Morgan fingerprint density at radius 2 is 1.55 bits per heavy atom. The van der Waals surface area contributed by atoms with Crippen molar-refractivity contribution in [2.24, 2.45) is 0 Å². The number of fused-ring (bicyclic) bond motifs is 1. The Bertz CT molecular complexity index is 1530. The maximum atomic E-state index is 13.2. The number of nitrogens with zero attached hydrogens (tertiary/aromatic N) is 1. The normalized spacial score (nSPS) is 11.5. The zero-order valence-electron chi connectivity index (χ0n) is 20.2. The molecule has 38 heavy (non-hydrogen) atoms. The highest BCUT2D eigenvalue weighted by Gasteiger charge is 2.20. The first-order valence-corrected chi connectivity index (χ1v) is 12.5. The Morgan fingerprint density at radius 1 is 0.895 bits per heavy atom. The van der Waals surface area contributed by atoms with Crippen molar-refractivity contribution in [2.75, 3.05) is 10.6 Å². The molecule has 0 saturated carbocycles. The Morgan fingerprint density at radius 3 is 2.18 bits per heavy atom. The van der Waals surface area contributed by atoms with Crippen LogP contribution in [0.1, 0.15) is 34.1 Å². The van der Waals surface area contributed by atoms with E-state index in [9.17, 15) is 29.6 Å². The van der Waals surface area contributed by atoms with Gasteiger partial charge in [-0.2, -0.15) is 0 Å². The summed E-state index contributed by atoms with van der Waals surface area (Å²) in [7, 11) is 0. The van der Waals surface area contributed by atoms with Gasteiger partial charge in [0.2, 0.25) is 5.91 Å². The maximum Gasteiger partial charge on any atom is 0.336 e. The number of nitrogens with one attached hydrogen (secondary N) is 2. The summed E-state index contributed by atoms with van der Waals surface area (Å²) >= 11 is 1.32. The third-order valence-electron chi connectivity index (χ3n) is 5.76. The van der Waals surface area contributed by atoms with E-state index in [0.29, 0.717) is 28.6 Å². The van der Waals surface area contributed by atoms with Crippen molar-refractivity contribution in [1.82, 2.24) is 0 Å². The van der Waals surface area contributed by atoms with Crippen LogP contribution in [-0.4, -0.2) is 33.1 Å². The zero-order valence-corrected chi connectivity index (χ0v) is 21.0. The van der Waals surface area contributed by atoms with Gasteiger partial charge in [-0.15, -0.1) is 11.8 Å². The molecule has 0 spiro atoms. The van der Waals surface area contributed by atoms with Crippen LogP contribution in [0.2, 0.25) is 0 Å². The number of nitro groups is 1. The fourth-order valence-electron chi connectivity index (χ4n) is 3.93. The molecule has 192 valence electrons. The highest BCUT2D eigenvalue weighted by molar-refractivity contribution is 8.00. The van der Waals surface area contributed by atoms with Crippen molar-refractivity contribution in [3.8, 4) is 0 Å². The number of hydrogen-bond acceptors (Lipinski definition) is 6. The molecule has 4 rings (SSSR count). The van der Waals surface area contributed by atoms with E-state index < -0.39 is 22.0 Å². The second-order valence-electron chi connectivity index (χ2n) is 8.30. The van der Waals surface area contributed by atoms with Gasteiger partial charge < -0.3 is 15.7 Å². The van der Waals surface area contributed by atoms with Gasteiger partial charge in [0.05, 0.1) is 15.7 Å². The molecule has 0 bridgehead atoms. The molecule has 3 N–H and O–H groups in total. The van der Waals surface area contributed by atoms with Gasteiger partial charge in [0.1, 0.15) is 0 Å².